The number of nitro benzene ring substituents is 1. The Hall–Kier alpha value is -4.85. The fraction of sp³-hybridized carbons (Fsp3) is 0.346. The molecule has 1 aliphatic heterocycles. The molecular weight excluding hydrogens is 524 g/mol. The van der Waals surface area contributed by atoms with E-state index < -0.39 is 29.2 Å². The molecule has 14 nitrogen and oxygen atoms in total. The lowest BCUT2D eigenvalue weighted by Gasteiger charge is -2.28. The second-order valence-electron chi connectivity index (χ2n) is 8.81. The number of carbonyl (C=O) groups is 2. The van der Waals surface area contributed by atoms with Crippen LogP contribution in [0.25, 0.3) is 0 Å². The van der Waals surface area contributed by atoms with E-state index in [-0.39, 0.29) is 17.9 Å². The summed E-state index contributed by atoms with van der Waals surface area (Å²) in [4.78, 5) is 36.9. The van der Waals surface area contributed by atoms with Crippen LogP contribution >= 0.6 is 0 Å². The van der Waals surface area contributed by atoms with E-state index in [0.717, 1.165) is 0 Å². The van der Waals surface area contributed by atoms with E-state index in [1.165, 1.54) is 25.5 Å². The van der Waals surface area contributed by atoms with Crippen molar-refractivity contribution in [2.45, 2.75) is 26.1 Å². The molecule has 14 heteroatoms. The zero-order valence-corrected chi connectivity index (χ0v) is 22.8. The fourth-order valence-electron chi connectivity index (χ4n) is 3.98. The van der Waals surface area contributed by atoms with Crippen molar-refractivity contribution in [3.63, 3.8) is 0 Å². The number of non-ortho nitro benzene ring substituents is 1. The Morgan fingerprint density at radius 2 is 2.00 bits per heavy atom. The molecule has 0 saturated heterocycles. The van der Waals surface area contributed by atoms with Gasteiger partial charge in [-0.15, -0.1) is 0 Å². The van der Waals surface area contributed by atoms with Crippen molar-refractivity contribution in [1.29, 1.82) is 0 Å². The molecule has 4 N–H and O–H groups in total. The lowest BCUT2D eigenvalue weighted by atomic mass is 9.95. The standard InChI is InChI=1S/C26H32N6O8/c1-6-39-21-12-16(24-23(25(34)38-5)15(2)28-26(35)29-24)7-10-20(21)40-14-22(33)30-27-13-17-11-18(32(36)37)8-9-19(17)31(3)4/h7-13,22,24,30,33H,6,14H2,1-5H3,(H2,28,29,35)/b27-13-/t22-,24+/m0/s1. The highest BCUT2D eigenvalue weighted by atomic mass is 16.6. The van der Waals surface area contributed by atoms with Crippen LogP contribution in [-0.2, 0) is 9.53 Å². The summed E-state index contributed by atoms with van der Waals surface area (Å²) < 4.78 is 16.3. The Labute approximate surface area is 230 Å². The first-order valence-corrected chi connectivity index (χ1v) is 12.2. The van der Waals surface area contributed by atoms with Gasteiger partial charge in [-0.25, -0.2) is 9.59 Å². The predicted molar refractivity (Wildman–Crippen MR) is 146 cm³/mol. The highest BCUT2D eigenvalue weighted by Gasteiger charge is 2.32. The van der Waals surface area contributed by atoms with E-state index in [1.54, 1.807) is 57.1 Å². The molecule has 2 aromatic rings. The molecule has 40 heavy (non-hydrogen) atoms. The molecule has 0 unspecified atom stereocenters. The maximum atomic E-state index is 12.4. The normalized spacial score (nSPS) is 15.7. The second kappa shape index (κ2) is 13.3. The van der Waals surface area contributed by atoms with Crippen LogP contribution in [0.2, 0.25) is 0 Å². The summed E-state index contributed by atoms with van der Waals surface area (Å²) in [6.07, 6.45) is 0.139. The Balaban J connectivity index is 1.73. The highest BCUT2D eigenvalue weighted by molar-refractivity contribution is 5.95. The van der Waals surface area contributed by atoms with Gasteiger partial charge in [0.05, 0.1) is 36.5 Å². The van der Waals surface area contributed by atoms with Crippen molar-refractivity contribution in [3.8, 4) is 11.5 Å². The summed E-state index contributed by atoms with van der Waals surface area (Å²) in [5.41, 5.74) is 4.80. The Kier molecular flexibility index (Phi) is 9.86. The summed E-state index contributed by atoms with van der Waals surface area (Å²) in [5.74, 6) is 0.0491. The van der Waals surface area contributed by atoms with Gasteiger partial charge in [-0.1, -0.05) is 6.07 Å². The van der Waals surface area contributed by atoms with Gasteiger partial charge in [0.15, 0.2) is 17.7 Å². The van der Waals surface area contributed by atoms with Crippen LogP contribution in [0.15, 0.2) is 52.8 Å². The smallest absolute Gasteiger partial charge is 0.337 e. The number of anilines is 1. The first-order chi connectivity index (χ1) is 19.0. The lowest BCUT2D eigenvalue weighted by Crippen LogP contribution is -2.45. The number of aliphatic hydroxyl groups is 1. The summed E-state index contributed by atoms with van der Waals surface area (Å²) in [6.45, 7) is 3.48. The van der Waals surface area contributed by atoms with Crippen LogP contribution in [0.1, 0.15) is 31.0 Å². The number of nitrogens with zero attached hydrogens (tertiary/aromatic N) is 3. The number of urea groups is 1. The van der Waals surface area contributed by atoms with Crippen molar-refractivity contribution in [1.82, 2.24) is 16.1 Å². The molecule has 0 spiro atoms. The van der Waals surface area contributed by atoms with Crippen molar-refractivity contribution < 1.29 is 33.8 Å². The topological polar surface area (TPSA) is 177 Å². The molecule has 214 valence electrons. The number of carbonyl (C=O) groups excluding carboxylic acids is 2. The first-order valence-electron chi connectivity index (χ1n) is 12.2. The molecule has 0 saturated carbocycles. The number of nitro groups is 1. The average Bonchev–Trinajstić information content (AvgIpc) is 2.91. The van der Waals surface area contributed by atoms with Crippen LogP contribution in [0.3, 0.4) is 0 Å². The summed E-state index contributed by atoms with van der Waals surface area (Å²) in [6, 6.07) is 8.04. The SMILES string of the molecule is CCOc1cc([C@H]2NC(=O)NC(C)=C2C(=O)OC)ccc1OC[C@H](O)N/N=C\c1cc([N+](=O)[O-])ccc1N(C)C. The van der Waals surface area contributed by atoms with Gasteiger partial charge in [-0.05, 0) is 37.6 Å². The van der Waals surface area contributed by atoms with Crippen LogP contribution in [0.5, 0.6) is 11.5 Å². The number of hydrazone groups is 1. The molecule has 1 heterocycles. The van der Waals surface area contributed by atoms with Gasteiger partial charge in [0.2, 0.25) is 0 Å². The van der Waals surface area contributed by atoms with E-state index in [1.807, 2.05) is 0 Å². The number of hydrogen-bond donors (Lipinski definition) is 4. The Morgan fingerprint density at radius 3 is 2.65 bits per heavy atom. The third kappa shape index (κ3) is 7.17. The molecule has 3 rings (SSSR count). The van der Waals surface area contributed by atoms with Gasteiger partial charge < -0.3 is 34.9 Å². The van der Waals surface area contributed by atoms with Crippen molar-refractivity contribution >= 4 is 29.6 Å². The predicted octanol–water partition coefficient (Wildman–Crippen LogP) is 2.18. The Bertz CT molecular complexity index is 1330. The maximum absolute atomic E-state index is 12.4. The van der Waals surface area contributed by atoms with Gasteiger partial charge in [-0.3, -0.25) is 15.5 Å². The molecule has 2 aromatic carbocycles. The van der Waals surface area contributed by atoms with E-state index in [4.69, 9.17) is 14.2 Å². The molecule has 0 fully saturated rings. The van der Waals surface area contributed by atoms with Crippen LogP contribution < -0.4 is 30.4 Å². The van der Waals surface area contributed by atoms with Crippen molar-refractivity contribution in [2.24, 2.45) is 5.10 Å². The average molecular weight is 557 g/mol. The summed E-state index contributed by atoms with van der Waals surface area (Å²) in [7, 11) is 4.85. The number of methoxy groups -OCH3 is 1. The number of benzene rings is 2. The summed E-state index contributed by atoms with van der Waals surface area (Å²) >= 11 is 0. The van der Waals surface area contributed by atoms with Crippen LogP contribution in [-0.4, -0.2) is 68.9 Å². The van der Waals surface area contributed by atoms with E-state index in [9.17, 15) is 24.8 Å². The fourth-order valence-corrected chi connectivity index (χ4v) is 3.98. The third-order valence-electron chi connectivity index (χ3n) is 5.80. The minimum absolute atomic E-state index is 0.0868. The van der Waals surface area contributed by atoms with E-state index in [2.05, 4.69) is 21.2 Å². The molecule has 0 radical (unpaired) electrons. The number of ether oxygens (including phenoxy) is 3. The number of nitrogens with one attached hydrogen (secondary N) is 3. The molecule has 0 aromatic heterocycles. The largest absolute Gasteiger partial charge is 0.490 e. The monoisotopic (exact) mass is 556 g/mol. The maximum Gasteiger partial charge on any atom is 0.337 e. The zero-order valence-electron chi connectivity index (χ0n) is 22.8. The number of amides is 2. The minimum atomic E-state index is -1.23. The van der Waals surface area contributed by atoms with Crippen molar-refractivity contribution in [3.05, 3.63) is 68.9 Å². The van der Waals surface area contributed by atoms with Crippen LogP contribution in [0.4, 0.5) is 16.2 Å². The minimum Gasteiger partial charge on any atom is -0.490 e. The molecule has 2 amide bonds. The number of hydrogen-bond acceptors (Lipinski definition) is 11. The Morgan fingerprint density at radius 1 is 1.25 bits per heavy atom. The highest BCUT2D eigenvalue weighted by Crippen LogP contribution is 2.35. The summed E-state index contributed by atoms with van der Waals surface area (Å²) in [5, 5.41) is 30.8. The number of aliphatic hydroxyl groups excluding tert-OH is 1. The second-order valence-corrected chi connectivity index (χ2v) is 8.81. The molecule has 0 bridgehead atoms. The van der Waals surface area contributed by atoms with E-state index >= 15 is 0 Å². The zero-order chi connectivity index (χ0) is 29.4. The first kappa shape index (κ1) is 29.7. The number of allylic oxidation sites excluding steroid dienone is 1. The number of esters is 1. The third-order valence-corrected chi connectivity index (χ3v) is 5.80. The lowest BCUT2D eigenvalue weighted by molar-refractivity contribution is -0.384. The van der Waals surface area contributed by atoms with Crippen molar-refractivity contribution in [2.75, 3.05) is 39.3 Å². The van der Waals surface area contributed by atoms with Gasteiger partial charge in [-0.2, -0.15) is 5.10 Å². The quantitative estimate of drug-likeness (QED) is 0.0996. The van der Waals surface area contributed by atoms with Gasteiger partial charge >= 0.3 is 12.0 Å². The van der Waals surface area contributed by atoms with Crippen LogP contribution in [0, 0.1) is 10.1 Å². The molecule has 1 aliphatic rings. The number of rotatable bonds is 12. The van der Waals surface area contributed by atoms with Gasteiger partial charge in [0.1, 0.15) is 6.61 Å². The molecular formula is C26H32N6O8. The van der Waals surface area contributed by atoms with Gasteiger partial charge in [0.25, 0.3) is 5.69 Å². The van der Waals surface area contributed by atoms with Gasteiger partial charge in [0, 0.05) is 43.2 Å². The van der Waals surface area contributed by atoms with E-state index in [0.29, 0.717) is 40.6 Å². The molecule has 2 atom stereocenters. The molecule has 0 aliphatic carbocycles.